The van der Waals surface area contributed by atoms with Crippen molar-refractivity contribution < 1.29 is 9.90 Å². The van der Waals surface area contributed by atoms with Crippen molar-refractivity contribution in [1.82, 2.24) is 14.8 Å². The van der Waals surface area contributed by atoms with Crippen LogP contribution in [0, 0.1) is 0 Å². The Morgan fingerprint density at radius 3 is 2.91 bits per heavy atom. The van der Waals surface area contributed by atoms with Gasteiger partial charge in [-0.2, -0.15) is 5.10 Å². The molecule has 0 aliphatic heterocycles. The molecule has 2 heterocycles. The van der Waals surface area contributed by atoms with Crippen molar-refractivity contribution in [3.63, 3.8) is 0 Å². The SMILES string of the molecule is CCn1ncc2c(O)c3c(nc21)C(=O)c1ccccc1CC3. The van der Waals surface area contributed by atoms with Gasteiger partial charge in [0.1, 0.15) is 11.4 Å². The summed E-state index contributed by atoms with van der Waals surface area (Å²) in [6.45, 7) is 2.59. The Labute approximate surface area is 127 Å². The van der Waals surface area contributed by atoms with Gasteiger partial charge in [0.25, 0.3) is 0 Å². The Kier molecular flexibility index (Phi) is 2.76. The van der Waals surface area contributed by atoms with Crippen LogP contribution in [0.3, 0.4) is 0 Å². The van der Waals surface area contributed by atoms with E-state index >= 15 is 0 Å². The molecule has 0 fully saturated rings. The summed E-state index contributed by atoms with van der Waals surface area (Å²) in [6, 6.07) is 7.58. The van der Waals surface area contributed by atoms with Crippen LogP contribution >= 0.6 is 0 Å². The van der Waals surface area contributed by atoms with Gasteiger partial charge in [0, 0.05) is 17.7 Å². The van der Waals surface area contributed by atoms with E-state index in [1.54, 1.807) is 10.9 Å². The largest absolute Gasteiger partial charge is 0.507 e. The van der Waals surface area contributed by atoms with Crippen LogP contribution in [0.5, 0.6) is 5.75 Å². The lowest BCUT2D eigenvalue weighted by Crippen LogP contribution is -2.09. The third-order valence-corrected chi connectivity index (χ3v) is 4.28. The lowest BCUT2D eigenvalue weighted by molar-refractivity contribution is 0.103. The van der Waals surface area contributed by atoms with E-state index in [0.29, 0.717) is 40.8 Å². The van der Waals surface area contributed by atoms with Gasteiger partial charge in [-0.1, -0.05) is 24.3 Å². The highest BCUT2D eigenvalue weighted by Crippen LogP contribution is 2.34. The van der Waals surface area contributed by atoms with Crippen molar-refractivity contribution in [3.05, 3.63) is 52.8 Å². The molecule has 0 amide bonds. The van der Waals surface area contributed by atoms with E-state index in [0.717, 1.165) is 12.0 Å². The number of rotatable bonds is 1. The molecule has 0 unspecified atom stereocenters. The first-order valence-electron chi connectivity index (χ1n) is 7.40. The smallest absolute Gasteiger partial charge is 0.212 e. The zero-order chi connectivity index (χ0) is 15.3. The molecule has 2 aromatic heterocycles. The minimum absolute atomic E-state index is 0.121. The van der Waals surface area contributed by atoms with Crippen molar-refractivity contribution in [3.8, 4) is 5.75 Å². The second-order valence-electron chi connectivity index (χ2n) is 5.47. The summed E-state index contributed by atoms with van der Waals surface area (Å²) in [6.07, 6.45) is 2.94. The van der Waals surface area contributed by atoms with Gasteiger partial charge < -0.3 is 5.11 Å². The number of nitrogens with zero attached hydrogens (tertiary/aromatic N) is 3. The molecule has 110 valence electrons. The number of aromatic nitrogens is 3. The number of carbonyl (C=O) groups excluding carboxylic acids is 1. The molecule has 4 rings (SSSR count). The summed E-state index contributed by atoms with van der Waals surface area (Å²) in [5.41, 5.74) is 3.22. The van der Waals surface area contributed by atoms with E-state index in [1.165, 1.54) is 0 Å². The van der Waals surface area contributed by atoms with Crippen molar-refractivity contribution >= 4 is 16.8 Å². The first kappa shape index (κ1) is 13.0. The number of aryl methyl sites for hydroxylation is 2. The van der Waals surface area contributed by atoms with Crippen molar-refractivity contribution in [2.75, 3.05) is 0 Å². The first-order chi connectivity index (χ1) is 10.7. The van der Waals surface area contributed by atoms with E-state index < -0.39 is 0 Å². The van der Waals surface area contributed by atoms with Crippen LogP contribution in [0.4, 0.5) is 0 Å². The number of pyridine rings is 1. The molecule has 3 aromatic rings. The van der Waals surface area contributed by atoms with Crippen LogP contribution in [-0.4, -0.2) is 25.7 Å². The molecule has 0 bridgehead atoms. The molecule has 1 N–H and O–H groups in total. The molecule has 0 saturated carbocycles. The van der Waals surface area contributed by atoms with E-state index in [9.17, 15) is 9.90 Å². The molecule has 0 atom stereocenters. The Morgan fingerprint density at radius 2 is 2.09 bits per heavy atom. The monoisotopic (exact) mass is 293 g/mol. The Morgan fingerprint density at radius 1 is 1.27 bits per heavy atom. The zero-order valence-electron chi connectivity index (χ0n) is 12.2. The van der Waals surface area contributed by atoms with E-state index in [2.05, 4.69) is 10.1 Å². The average Bonchev–Trinajstić information content (AvgIpc) is 2.90. The number of hydrogen-bond donors (Lipinski definition) is 1. The fourth-order valence-electron chi connectivity index (χ4n) is 3.12. The molecule has 5 nitrogen and oxygen atoms in total. The van der Waals surface area contributed by atoms with Crippen LogP contribution in [0.25, 0.3) is 11.0 Å². The van der Waals surface area contributed by atoms with Gasteiger partial charge in [0.15, 0.2) is 5.65 Å². The maximum Gasteiger partial charge on any atom is 0.212 e. The summed E-state index contributed by atoms with van der Waals surface area (Å²) in [7, 11) is 0. The van der Waals surface area contributed by atoms with Gasteiger partial charge >= 0.3 is 0 Å². The molecule has 1 aliphatic rings. The van der Waals surface area contributed by atoms with Crippen LogP contribution in [0.2, 0.25) is 0 Å². The highest BCUT2D eigenvalue weighted by molar-refractivity contribution is 6.11. The van der Waals surface area contributed by atoms with E-state index in [4.69, 9.17) is 0 Å². The Hall–Kier alpha value is -2.69. The summed E-state index contributed by atoms with van der Waals surface area (Å²) < 4.78 is 1.69. The Balaban J connectivity index is 2.03. The molecular weight excluding hydrogens is 278 g/mol. The maximum absolute atomic E-state index is 12.8. The minimum atomic E-state index is -0.121. The van der Waals surface area contributed by atoms with E-state index in [1.807, 2.05) is 31.2 Å². The predicted molar refractivity (Wildman–Crippen MR) is 82.1 cm³/mol. The van der Waals surface area contributed by atoms with Crippen LogP contribution in [-0.2, 0) is 19.4 Å². The number of fused-ring (bicyclic) bond motifs is 3. The lowest BCUT2D eigenvalue weighted by atomic mass is 10.0. The van der Waals surface area contributed by atoms with Crippen molar-refractivity contribution in [1.29, 1.82) is 0 Å². The van der Waals surface area contributed by atoms with Crippen LogP contribution in [0.15, 0.2) is 30.5 Å². The summed E-state index contributed by atoms with van der Waals surface area (Å²) in [5, 5.41) is 15.4. The molecule has 22 heavy (non-hydrogen) atoms. The number of carbonyl (C=O) groups is 1. The minimum Gasteiger partial charge on any atom is -0.507 e. The van der Waals surface area contributed by atoms with Crippen molar-refractivity contribution in [2.24, 2.45) is 0 Å². The molecule has 0 radical (unpaired) electrons. The second-order valence-corrected chi connectivity index (χ2v) is 5.47. The standard InChI is InChI=1S/C17H15N3O2/c1-2-20-17-13(9-18-20)15(21)12-8-7-10-5-3-4-6-11(10)16(22)14(12)19-17/h3-6,9H,2,7-8H2,1H3,(H,19,21). The van der Waals surface area contributed by atoms with Crippen molar-refractivity contribution in [2.45, 2.75) is 26.3 Å². The van der Waals surface area contributed by atoms with Gasteiger partial charge in [0.2, 0.25) is 5.78 Å². The number of aromatic hydroxyl groups is 1. The highest BCUT2D eigenvalue weighted by atomic mass is 16.3. The van der Waals surface area contributed by atoms with Gasteiger partial charge in [-0.3, -0.25) is 4.79 Å². The molecule has 1 aliphatic carbocycles. The van der Waals surface area contributed by atoms with E-state index in [-0.39, 0.29) is 11.5 Å². The number of benzene rings is 1. The molecule has 0 spiro atoms. The molecular formula is C17H15N3O2. The highest BCUT2D eigenvalue weighted by Gasteiger charge is 2.27. The normalized spacial score (nSPS) is 13.8. The summed E-state index contributed by atoms with van der Waals surface area (Å²) in [4.78, 5) is 17.4. The first-order valence-corrected chi connectivity index (χ1v) is 7.40. The zero-order valence-corrected chi connectivity index (χ0v) is 12.2. The van der Waals surface area contributed by atoms with Crippen LogP contribution in [0.1, 0.15) is 34.1 Å². The average molecular weight is 293 g/mol. The summed E-state index contributed by atoms with van der Waals surface area (Å²) >= 11 is 0. The predicted octanol–water partition coefficient (Wildman–Crippen LogP) is 2.49. The van der Waals surface area contributed by atoms with Gasteiger partial charge in [0.05, 0.1) is 11.6 Å². The van der Waals surface area contributed by atoms with Gasteiger partial charge in [-0.05, 0) is 25.3 Å². The van der Waals surface area contributed by atoms with Gasteiger partial charge in [-0.25, -0.2) is 9.67 Å². The second kappa shape index (κ2) is 4.66. The lowest BCUT2D eigenvalue weighted by Gasteiger charge is -2.08. The molecule has 5 heteroatoms. The quantitative estimate of drug-likeness (QED) is 0.748. The third-order valence-electron chi connectivity index (χ3n) is 4.28. The molecule has 1 aromatic carbocycles. The molecule has 0 saturated heterocycles. The summed E-state index contributed by atoms with van der Waals surface area (Å²) in [5.74, 6) is 0.0185. The fourth-order valence-corrected chi connectivity index (χ4v) is 3.12. The van der Waals surface area contributed by atoms with Gasteiger partial charge in [-0.15, -0.1) is 0 Å². The third kappa shape index (κ3) is 1.68. The number of hydrogen-bond acceptors (Lipinski definition) is 4. The fraction of sp³-hybridized carbons (Fsp3) is 0.235. The maximum atomic E-state index is 12.8. The topological polar surface area (TPSA) is 68.0 Å². The Bertz CT molecular complexity index is 912. The van der Waals surface area contributed by atoms with Crippen LogP contribution < -0.4 is 0 Å². The number of ketones is 1.